The van der Waals surface area contributed by atoms with E-state index in [1.165, 1.54) is 12.1 Å². The van der Waals surface area contributed by atoms with E-state index in [1.54, 1.807) is 18.3 Å². The van der Waals surface area contributed by atoms with Crippen LogP contribution in [-0.4, -0.2) is 29.1 Å². The number of hydrogen-bond acceptors (Lipinski definition) is 5. The maximum Gasteiger partial charge on any atom is 0.416 e. The number of hydrogen-bond donors (Lipinski definition) is 3. The van der Waals surface area contributed by atoms with Gasteiger partial charge in [-0.25, -0.2) is 9.78 Å². The molecule has 36 heavy (non-hydrogen) atoms. The Balaban J connectivity index is 1.11. The number of carbonyl (C=O) groups excluding carboxylic acids is 2. The first-order chi connectivity index (χ1) is 17.3. The molecule has 0 unspecified atom stereocenters. The Morgan fingerprint density at radius 1 is 1.11 bits per heavy atom. The zero-order chi connectivity index (χ0) is 25.0. The second kappa shape index (κ2) is 8.14. The van der Waals surface area contributed by atoms with Crippen molar-refractivity contribution in [1.82, 2.24) is 10.3 Å². The van der Waals surface area contributed by atoms with Crippen LogP contribution in [-0.2, 0) is 17.4 Å². The van der Waals surface area contributed by atoms with Gasteiger partial charge in [-0.1, -0.05) is 0 Å². The highest BCUT2D eigenvalue weighted by Crippen LogP contribution is 2.54. The number of aromatic nitrogens is 1. The molecule has 3 aliphatic rings. The van der Waals surface area contributed by atoms with Gasteiger partial charge in [0.05, 0.1) is 17.5 Å². The smallest absolute Gasteiger partial charge is 0.416 e. The maximum atomic E-state index is 12.7. The van der Waals surface area contributed by atoms with E-state index in [1.807, 2.05) is 12.1 Å². The Hall–Kier alpha value is -4.28. The van der Waals surface area contributed by atoms with E-state index < -0.39 is 17.8 Å². The summed E-state index contributed by atoms with van der Waals surface area (Å²) >= 11 is 0. The summed E-state index contributed by atoms with van der Waals surface area (Å²) in [6.07, 6.45) is -2.20. The number of rotatable bonds is 4. The van der Waals surface area contributed by atoms with Gasteiger partial charge in [0.1, 0.15) is 29.2 Å². The predicted octanol–water partition coefficient (Wildman–Crippen LogP) is 4.83. The molecule has 6 rings (SSSR count). The number of amides is 3. The predicted molar refractivity (Wildman–Crippen MR) is 122 cm³/mol. The minimum absolute atomic E-state index is 0.0625. The standard InChI is InChI=1S/C25H19F3N4O4/c26-25(27,28)12-1-3-13(4-2-12)30-24(34)32-21-20-16-11-14(5-7-17(16)36-22(20)21)35-18-9-10-29-23-15(18)6-8-19(33)31-23/h1-5,7,9-11,20-22H,6,8H2,(H,29,31,33)(H2,30,32,34)/t20-,21+,22-/m0/s1. The van der Waals surface area contributed by atoms with Crippen LogP contribution in [0.1, 0.15) is 29.0 Å². The summed E-state index contributed by atoms with van der Waals surface area (Å²) in [7, 11) is 0. The van der Waals surface area contributed by atoms with Crippen LogP contribution in [0.3, 0.4) is 0 Å². The number of fused-ring (bicyclic) bond motifs is 4. The first kappa shape index (κ1) is 22.2. The fraction of sp³-hybridized carbons (Fsp3) is 0.240. The zero-order valence-corrected chi connectivity index (χ0v) is 18.6. The van der Waals surface area contributed by atoms with Gasteiger partial charge in [0.15, 0.2) is 0 Å². The fourth-order valence-electron chi connectivity index (χ4n) is 4.62. The van der Waals surface area contributed by atoms with Crippen LogP contribution < -0.4 is 25.4 Å². The zero-order valence-electron chi connectivity index (χ0n) is 18.6. The Morgan fingerprint density at radius 3 is 2.69 bits per heavy atom. The lowest BCUT2D eigenvalue weighted by Gasteiger charge is -2.19. The van der Waals surface area contributed by atoms with E-state index in [-0.39, 0.29) is 29.7 Å². The van der Waals surface area contributed by atoms with Gasteiger partial charge in [-0.05, 0) is 55.0 Å². The molecule has 2 aliphatic heterocycles. The fourth-order valence-corrected chi connectivity index (χ4v) is 4.62. The van der Waals surface area contributed by atoms with E-state index in [2.05, 4.69) is 20.9 Å². The van der Waals surface area contributed by atoms with Crippen LogP contribution in [0.4, 0.5) is 29.5 Å². The molecule has 184 valence electrons. The molecule has 0 radical (unpaired) electrons. The molecule has 1 aromatic heterocycles. The Kier molecular flexibility index (Phi) is 5.02. The summed E-state index contributed by atoms with van der Waals surface area (Å²) in [5.74, 6) is 2.26. The number of carbonyl (C=O) groups is 2. The number of ether oxygens (including phenoxy) is 2. The Morgan fingerprint density at radius 2 is 1.92 bits per heavy atom. The Labute approximate surface area is 202 Å². The van der Waals surface area contributed by atoms with Crippen LogP contribution in [0.25, 0.3) is 0 Å². The lowest BCUT2D eigenvalue weighted by atomic mass is 10.1. The molecule has 3 amide bonds. The highest BCUT2D eigenvalue weighted by Gasteiger charge is 2.59. The molecule has 1 fully saturated rings. The highest BCUT2D eigenvalue weighted by molar-refractivity contribution is 5.93. The summed E-state index contributed by atoms with van der Waals surface area (Å²) in [5.41, 5.74) is 1.19. The van der Waals surface area contributed by atoms with Crippen molar-refractivity contribution in [3.63, 3.8) is 0 Å². The lowest BCUT2D eigenvalue weighted by molar-refractivity contribution is -0.137. The van der Waals surface area contributed by atoms with Gasteiger partial charge in [-0.2, -0.15) is 13.2 Å². The topological polar surface area (TPSA) is 102 Å². The van der Waals surface area contributed by atoms with Crippen LogP contribution in [0, 0.1) is 0 Å². The number of alkyl halides is 3. The van der Waals surface area contributed by atoms with Crippen molar-refractivity contribution in [2.75, 3.05) is 10.6 Å². The van der Waals surface area contributed by atoms with Crippen LogP contribution in [0.15, 0.2) is 54.7 Å². The average molecular weight is 496 g/mol. The highest BCUT2D eigenvalue weighted by atomic mass is 19.4. The molecule has 3 heterocycles. The molecule has 0 saturated heterocycles. The summed E-state index contributed by atoms with van der Waals surface area (Å²) in [6, 6.07) is 10.6. The second-order valence-corrected chi connectivity index (χ2v) is 8.79. The molecule has 1 saturated carbocycles. The van der Waals surface area contributed by atoms with Crippen molar-refractivity contribution < 1.29 is 32.2 Å². The van der Waals surface area contributed by atoms with E-state index >= 15 is 0 Å². The molecule has 3 N–H and O–H groups in total. The SMILES string of the molecule is O=C1CCc2c(Oc3ccc4c(c3)[C@H]3[C@@H](NC(=O)Nc5ccc(C(F)(F)F)cc5)[C@H]3O4)ccnc2N1. The van der Waals surface area contributed by atoms with Gasteiger partial charge in [0.2, 0.25) is 5.91 Å². The first-order valence-electron chi connectivity index (χ1n) is 11.3. The second-order valence-electron chi connectivity index (χ2n) is 8.79. The van der Waals surface area contributed by atoms with E-state index in [4.69, 9.17) is 9.47 Å². The van der Waals surface area contributed by atoms with Gasteiger partial charge in [0.25, 0.3) is 0 Å². The van der Waals surface area contributed by atoms with Gasteiger partial charge in [-0.3, -0.25) is 4.79 Å². The van der Waals surface area contributed by atoms with E-state index in [0.717, 1.165) is 23.3 Å². The first-order valence-corrected chi connectivity index (χ1v) is 11.3. The summed E-state index contributed by atoms with van der Waals surface area (Å²) in [5, 5.41) is 8.11. The minimum atomic E-state index is -4.44. The molecule has 3 aromatic rings. The number of benzene rings is 2. The van der Waals surface area contributed by atoms with E-state index in [0.29, 0.717) is 35.9 Å². The largest absolute Gasteiger partial charge is 0.487 e. The third-order valence-corrected chi connectivity index (χ3v) is 6.43. The molecule has 1 aliphatic carbocycles. The number of nitrogens with zero attached hydrogens (tertiary/aromatic N) is 1. The average Bonchev–Trinajstić information content (AvgIpc) is 3.34. The monoisotopic (exact) mass is 496 g/mol. The van der Waals surface area contributed by atoms with Gasteiger partial charge in [0, 0.05) is 29.4 Å². The Bertz CT molecular complexity index is 1380. The van der Waals surface area contributed by atoms with Gasteiger partial charge in [-0.15, -0.1) is 0 Å². The summed E-state index contributed by atoms with van der Waals surface area (Å²) < 4.78 is 50.2. The number of nitrogens with one attached hydrogen (secondary N) is 3. The number of anilines is 2. The quantitative estimate of drug-likeness (QED) is 0.481. The van der Waals surface area contributed by atoms with Crippen molar-refractivity contribution >= 4 is 23.4 Å². The molecule has 0 spiro atoms. The third kappa shape index (κ3) is 4.06. The molecular weight excluding hydrogens is 477 g/mol. The number of pyridine rings is 1. The van der Waals surface area contributed by atoms with Crippen molar-refractivity contribution in [3.8, 4) is 17.2 Å². The van der Waals surface area contributed by atoms with Crippen molar-refractivity contribution in [3.05, 3.63) is 71.4 Å². The third-order valence-electron chi connectivity index (χ3n) is 6.43. The minimum Gasteiger partial charge on any atom is -0.487 e. The summed E-state index contributed by atoms with van der Waals surface area (Å²) in [6.45, 7) is 0. The molecular formula is C25H19F3N4O4. The van der Waals surface area contributed by atoms with Crippen LogP contribution >= 0.6 is 0 Å². The molecule has 0 bridgehead atoms. The molecule has 3 atom stereocenters. The lowest BCUT2D eigenvalue weighted by Crippen LogP contribution is -2.34. The summed E-state index contributed by atoms with van der Waals surface area (Å²) in [4.78, 5) is 28.2. The van der Waals surface area contributed by atoms with Crippen molar-refractivity contribution in [2.45, 2.75) is 37.1 Å². The van der Waals surface area contributed by atoms with E-state index in [9.17, 15) is 22.8 Å². The molecule has 11 heteroatoms. The van der Waals surface area contributed by atoms with Crippen molar-refractivity contribution in [1.29, 1.82) is 0 Å². The molecule has 2 aromatic carbocycles. The van der Waals surface area contributed by atoms with Crippen LogP contribution in [0.5, 0.6) is 17.2 Å². The maximum absolute atomic E-state index is 12.7. The van der Waals surface area contributed by atoms with Gasteiger partial charge >= 0.3 is 12.2 Å². The van der Waals surface area contributed by atoms with Gasteiger partial charge < -0.3 is 25.4 Å². The number of urea groups is 1. The van der Waals surface area contributed by atoms with Crippen molar-refractivity contribution in [2.24, 2.45) is 0 Å². The van der Waals surface area contributed by atoms with Crippen LogP contribution in [0.2, 0.25) is 0 Å². The number of halogens is 3. The normalized spacial score (nSPS) is 21.3. The molecule has 8 nitrogen and oxygen atoms in total.